The summed E-state index contributed by atoms with van der Waals surface area (Å²) >= 11 is 0. The number of rotatable bonds is 7. The summed E-state index contributed by atoms with van der Waals surface area (Å²) in [7, 11) is 0. The van der Waals surface area contributed by atoms with Gasteiger partial charge in [0, 0.05) is 18.7 Å². The number of hydrogen-bond acceptors (Lipinski definition) is 4. The molecule has 0 saturated carbocycles. The van der Waals surface area contributed by atoms with Crippen molar-refractivity contribution >= 4 is 5.91 Å². The maximum atomic E-state index is 12.8. The molecule has 0 aliphatic carbocycles. The maximum Gasteiger partial charge on any atom is 0.257 e. The second-order valence-electron chi connectivity index (χ2n) is 7.20. The van der Waals surface area contributed by atoms with Crippen LogP contribution < -0.4 is 10.1 Å². The molecule has 2 aromatic rings. The molecule has 0 bridgehead atoms. The SMILES string of the molecule is Cc1cc(CN2CCC(CNC(=O)COc3ccc(F)cc3)CC2)c(C)o1. The smallest absolute Gasteiger partial charge is 0.257 e. The van der Waals surface area contributed by atoms with Crippen molar-refractivity contribution in [1.29, 1.82) is 0 Å². The van der Waals surface area contributed by atoms with Crippen LogP contribution in [0.25, 0.3) is 0 Å². The second-order valence-corrected chi connectivity index (χ2v) is 7.20. The molecule has 1 aliphatic heterocycles. The molecule has 146 valence electrons. The first-order chi connectivity index (χ1) is 13.0. The van der Waals surface area contributed by atoms with Crippen molar-refractivity contribution in [2.45, 2.75) is 33.2 Å². The lowest BCUT2D eigenvalue weighted by Gasteiger charge is -2.31. The Kier molecular flexibility index (Phi) is 6.50. The van der Waals surface area contributed by atoms with Gasteiger partial charge in [0.05, 0.1) is 0 Å². The Labute approximate surface area is 159 Å². The zero-order valence-corrected chi connectivity index (χ0v) is 16.0. The van der Waals surface area contributed by atoms with E-state index < -0.39 is 0 Å². The van der Waals surface area contributed by atoms with Crippen molar-refractivity contribution in [2.75, 3.05) is 26.2 Å². The van der Waals surface area contributed by atoms with Gasteiger partial charge >= 0.3 is 0 Å². The minimum Gasteiger partial charge on any atom is -0.484 e. The highest BCUT2D eigenvalue weighted by molar-refractivity contribution is 5.77. The molecule has 0 spiro atoms. The number of aryl methyl sites for hydroxylation is 2. The van der Waals surface area contributed by atoms with Gasteiger partial charge in [-0.05, 0) is 76.0 Å². The minimum atomic E-state index is -0.323. The average molecular weight is 374 g/mol. The summed E-state index contributed by atoms with van der Waals surface area (Å²) < 4.78 is 23.8. The van der Waals surface area contributed by atoms with E-state index in [-0.39, 0.29) is 18.3 Å². The predicted molar refractivity (Wildman–Crippen MR) is 101 cm³/mol. The number of carbonyl (C=O) groups excluding carboxylic acids is 1. The number of benzene rings is 1. The van der Waals surface area contributed by atoms with E-state index in [1.54, 1.807) is 0 Å². The summed E-state index contributed by atoms with van der Waals surface area (Å²) in [5.74, 6) is 2.47. The number of piperidine rings is 1. The molecular formula is C21H27FN2O3. The largest absolute Gasteiger partial charge is 0.484 e. The van der Waals surface area contributed by atoms with E-state index >= 15 is 0 Å². The van der Waals surface area contributed by atoms with Gasteiger partial charge in [-0.3, -0.25) is 9.69 Å². The fraction of sp³-hybridized carbons (Fsp3) is 0.476. The lowest BCUT2D eigenvalue weighted by molar-refractivity contribution is -0.123. The van der Waals surface area contributed by atoms with Crippen LogP contribution >= 0.6 is 0 Å². The Morgan fingerprint density at radius 1 is 1.26 bits per heavy atom. The third kappa shape index (κ3) is 5.82. The average Bonchev–Trinajstić information content (AvgIpc) is 2.97. The van der Waals surface area contributed by atoms with Gasteiger partial charge in [0.25, 0.3) is 5.91 Å². The summed E-state index contributed by atoms with van der Waals surface area (Å²) in [6, 6.07) is 7.77. The molecule has 5 nitrogen and oxygen atoms in total. The molecule has 1 fully saturated rings. The lowest BCUT2D eigenvalue weighted by Crippen LogP contribution is -2.39. The first-order valence-corrected chi connectivity index (χ1v) is 9.43. The van der Waals surface area contributed by atoms with Crippen LogP contribution in [0.15, 0.2) is 34.7 Å². The number of amides is 1. The molecule has 1 amide bonds. The van der Waals surface area contributed by atoms with Gasteiger partial charge in [-0.2, -0.15) is 0 Å². The number of nitrogens with zero attached hydrogens (tertiary/aromatic N) is 1. The van der Waals surface area contributed by atoms with Gasteiger partial charge in [0.1, 0.15) is 23.1 Å². The van der Waals surface area contributed by atoms with Crippen LogP contribution in [0.2, 0.25) is 0 Å². The number of nitrogens with one attached hydrogen (secondary N) is 1. The third-order valence-electron chi connectivity index (χ3n) is 5.02. The molecule has 27 heavy (non-hydrogen) atoms. The second kappa shape index (κ2) is 9.04. The molecule has 1 saturated heterocycles. The van der Waals surface area contributed by atoms with Crippen molar-refractivity contribution in [1.82, 2.24) is 10.2 Å². The summed E-state index contributed by atoms with van der Waals surface area (Å²) in [5, 5.41) is 2.94. The van der Waals surface area contributed by atoms with Crippen LogP contribution in [-0.2, 0) is 11.3 Å². The molecule has 1 aromatic heterocycles. The van der Waals surface area contributed by atoms with Crippen molar-refractivity contribution < 1.29 is 18.3 Å². The van der Waals surface area contributed by atoms with Crippen LogP contribution in [0.1, 0.15) is 29.9 Å². The molecule has 0 radical (unpaired) electrons. The van der Waals surface area contributed by atoms with Gasteiger partial charge in [0.15, 0.2) is 6.61 Å². The fourth-order valence-electron chi connectivity index (χ4n) is 3.42. The Hall–Kier alpha value is -2.34. The Morgan fingerprint density at radius 2 is 1.96 bits per heavy atom. The first kappa shape index (κ1) is 19.4. The highest BCUT2D eigenvalue weighted by Gasteiger charge is 2.21. The van der Waals surface area contributed by atoms with Gasteiger partial charge in [-0.15, -0.1) is 0 Å². The third-order valence-corrected chi connectivity index (χ3v) is 5.02. The summed E-state index contributed by atoms with van der Waals surface area (Å²) in [4.78, 5) is 14.4. The number of halogens is 1. The van der Waals surface area contributed by atoms with Crippen LogP contribution in [0.4, 0.5) is 4.39 Å². The Balaban J connectivity index is 1.33. The van der Waals surface area contributed by atoms with Gasteiger partial charge < -0.3 is 14.5 Å². The normalized spacial score (nSPS) is 15.7. The van der Waals surface area contributed by atoms with E-state index in [0.717, 1.165) is 44.0 Å². The van der Waals surface area contributed by atoms with Crippen molar-refractivity contribution in [3.8, 4) is 5.75 Å². The molecule has 3 rings (SSSR count). The highest BCUT2D eigenvalue weighted by atomic mass is 19.1. The molecule has 0 atom stereocenters. The zero-order valence-electron chi connectivity index (χ0n) is 16.0. The topological polar surface area (TPSA) is 54.7 Å². The van der Waals surface area contributed by atoms with Crippen molar-refractivity contribution in [3.05, 3.63) is 53.2 Å². The predicted octanol–water partition coefficient (Wildman–Crippen LogP) is 3.44. The van der Waals surface area contributed by atoms with Crippen LogP contribution in [0, 0.1) is 25.6 Å². The summed E-state index contributed by atoms with van der Waals surface area (Å²) in [6.45, 7) is 7.58. The van der Waals surface area contributed by atoms with E-state index in [2.05, 4.69) is 16.3 Å². The summed E-state index contributed by atoms with van der Waals surface area (Å²) in [6.07, 6.45) is 2.13. The van der Waals surface area contributed by atoms with E-state index in [1.165, 1.54) is 29.8 Å². The van der Waals surface area contributed by atoms with Crippen molar-refractivity contribution in [3.63, 3.8) is 0 Å². The van der Waals surface area contributed by atoms with E-state index in [9.17, 15) is 9.18 Å². The number of ether oxygens (including phenoxy) is 1. The Bertz CT molecular complexity index is 749. The van der Waals surface area contributed by atoms with Gasteiger partial charge in [0.2, 0.25) is 0 Å². The molecular weight excluding hydrogens is 347 g/mol. The number of likely N-dealkylation sites (tertiary alicyclic amines) is 1. The molecule has 1 aliphatic rings. The molecule has 0 unspecified atom stereocenters. The van der Waals surface area contributed by atoms with Crippen LogP contribution in [0.3, 0.4) is 0 Å². The monoisotopic (exact) mass is 374 g/mol. The number of hydrogen-bond donors (Lipinski definition) is 1. The summed E-state index contributed by atoms with van der Waals surface area (Å²) in [5.41, 5.74) is 1.26. The number of furan rings is 1. The highest BCUT2D eigenvalue weighted by Crippen LogP contribution is 2.21. The van der Waals surface area contributed by atoms with Crippen LogP contribution in [-0.4, -0.2) is 37.0 Å². The standard InChI is InChI=1S/C21H27FN2O3/c1-15-11-18(16(2)27-15)13-24-9-7-17(8-10-24)12-23-21(25)14-26-20-5-3-19(22)4-6-20/h3-6,11,17H,7-10,12-14H2,1-2H3,(H,23,25). The quantitative estimate of drug-likeness (QED) is 0.807. The first-order valence-electron chi connectivity index (χ1n) is 9.43. The molecule has 2 heterocycles. The fourth-order valence-corrected chi connectivity index (χ4v) is 3.42. The van der Waals surface area contributed by atoms with E-state index in [4.69, 9.17) is 9.15 Å². The maximum absolute atomic E-state index is 12.8. The van der Waals surface area contributed by atoms with E-state index in [1.807, 2.05) is 13.8 Å². The molecule has 1 aromatic carbocycles. The van der Waals surface area contributed by atoms with Crippen molar-refractivity contribution in [2.24, 2.45) is 5.92 Å². The Morgan fingerprint density at radius 3 is 2.59 bits per heavy atom. The van der Waals surface area contributed by atoms with Gasteiger partial charge in [-0.25, -0.2) is 4.39 Å². The molecule has 1 N–H and O–H groups in total. The zero-order chi connectivity index (χ0) is 19.2. The minimum absolute atomic E-state index is 0.0520. The van der Waals surface area contributed by atoms with E-state index in [0.29, 0.717) is 18.2 Å². The number of carbonyl (C=O) groups is 1. The van der Waals surface area contributed by atoms with Gasteiger partial charge in [-0.1, -0.05) is 0 Å². The lowest BCUT2D eigenvalue weighted by atomic mass is 9.96. The molecule has 6 heteroatoms. The van der Waals surface area contributed by atoms with Crippen LogP contribution in [0.5, 0.6) is 5.75 Å².